The van der Waals surface area contributed by atoms with Crippen molar-refractivity contribution < 1.29 is 48.9 Å². The van der Waals surface area contributed by atoms with Crippen molar-refractivity contribution in [3.63, 3.8) is 0 Å². The van der Waals surface area contributed by atoms with Gasteiger partial charge in [-0.25, -0.2) is 0 Å². The van der Waals surface area contributed by atoms with Gasteiger partial charge in [-0.2, -0.15) is 25.3 Å². The fourth-order valence-corrected chi connectivity index (χ4v) is 4.49. The molecule has 5 N–H and O–H groups in total. The zero-order chi connectivity index (χ0) is 27.1. The Morgan fingerprint density at radius 3 is 2.11 bits per heavy atom. The van der Waals surface area contributed by atoms with E-state index in [9.17, 15) is 49.6 Å². The molecule has 19 heteroatoms. The van der Waals surface area contributed by atoms with E-state index >= 15 is 0 Å². The minimum Gasteiger partial charge on any atom is -0.507 e. The second-order valence-electron chi connectivity index (χ2n) is 6.96. The molecule has 0 bridgehead atoms. The molecule has 192 valence electrons. The van der Waals surface area contributed by atoms with Gasteiger partial charge in [-0.3, -0.25) is 23.8 Å². The highest BCUT2D eigenvalue weighted by Gasteiger charge is 2.22. The Morgan fingerprint density at radius 2 is 1.56 bits per heavy atom. The highest BCUT2D eigenvalue weighted by Crippen LogP contribution is 2.42. The maximum Gasteiger partial charge on any atom is 0.297 e. The molecule has 0 saturated heterocycles. The number of phenolic OH excluding ortho intramolecular Hbond substituents is 1. The Bertz CT molecular complexity index is 1750. The van der Waals surface area contributed by atoms with E-state index in [2.05, 4.69) is 15.5 Å². The van der Waals surface area contributed by atoms with Crippen LogP contribution in [0.25, 0.3) is 10.8 Å². The molecule has 16 nitrogen and oxygen atoms in total. The third-order valence-electron chi connectivity index (χ3n) is 4.48. The standard InChI is InChI=1S/C17H14N4O12S3/c22-14-7-11(35(28,29)30)5-9-1-3-13(18-8-34(25,26)27)17(16(9)14)20-19-12-4-2-10(21(23)24)6-15(12)36(31,32)33/h1-7,18,22H,8H2,(H,25,26,27)(H,28,29,30)(H,31,32,33). The molecule has 0 unspecified atom stereocenters. The molecule has 0 fully saturated rings. The van der Waals surface area contributed by atoms with Gasteiger partial charge in [0.05, 0.1) is 20.9 Å². The topological polar surface area (TPSA) is 263 Å². The van der Waals surface area contributed by atoms with Gasteiger partial charge >= 0.3 is 0 Å². The summed E-state index contributed by atoms with van der Waals surface area (Å²) in [5.41, 5.74) is -1.88. The van der Waals surface area contributed by atoms with Crippen molar-refractivity contribution in [1.82, 2.24) is 0 Å². The molecule has 0 saturated carbocycles. The Kier molecular flexibility index (Phi) is 6.99. The maximum absolute atomic E-state index is 11.7. The van der Waals surface area contributed by atoms with Gasteiger partial charge in [0.1, 0.15) is 27.9 Å². The first-order valence-electron chi connectivity index (χ1n) is 9.11. The van der Waals surface area contributed by atoms with Crippen LogP contribution in [0.2, 0.25) is 0 Å². The molecular weight excluding hydrogens is 548 g/mol. The van der Waals surface area contributed by atoms with Crippen LogP contribution < -0.4 is 5.32 Å². The van der Waals surface area contributed by atoms with Crippen molar-refractivity contribution in [3.05, 3.63) is 52.6 Å². The average Bonchev–Trinajstić information content (AvgIpc) is 2.74. The molecule has 0 aliphatic rings. The van der Waals surface area contributed by atoms with Crippen molar-refractivity contribution >= 4 is 63.9 Å². The normalized spacial score (nSPS) is 12.8. The Balaban J connectivity index is 2.29. The number of hydrogen-bond acceptors (Lipinski definition) is 12. The fraction of sp³-hybridized carbons (Fsp3) is 0.0588. The van der Waals surface area contributed by atoms with Gasteiger partial charge in [0.25, 0.3) is 36.0 Å². The summed E-state index contributed by atoms with van der Waals surface area (Å²) in [6, 6.07) is 6.15. The van der Waals surface area contributed by atoms with Crippen LogP contribution in [0.5, 0.6) is 5.75 Å². The van der Waals surface area contributed by atoms with E-state index in [-0.39, 0.29) is 16.5 Å². The fourth-order valence-electron chi connectivity index (χ4n) is 2.97. The van der Waals surface area contributed by atoms with E-state index in [4.69, 9.17) is 4.55 Å². The van der Waals surface area contributed by atoms with Crippen LogP contribution in [0.1, 0.15) is 0 Å². The lowest BCUT2D eigenvalue weighted by Gasteiger charge is -2.12. The van der Waals surface area contributed by atoms with Crippen molar-refractivity contribution in [3.8, 4) is 5.75 Å². The van der Waals surface area contributed by atoms with Gasteiger partial charge in [0.15, 0.2) is 0 Å². The SMILES string of the molecule is O=[N+]([O-])c1ccc(N=Nc2c(NCS(=O)(=O)O)ccc3cc(S(=O)(=O)O)cc(O)c23)c(S(=O)(=O)O)c1. The number of fused-ring (bicyclic) bond motifs is 1. The lowest BCUT2D eigenvalue weighted by Crippen LogP contribution is -2.13. The molecule has 0 radical (unpaired) electrons. The van der Waals surface area contributed by atoms with Crippen molar-refractivity contribution in [2.24, 2.45) is 10.2 Å². The summed E-state index contributed by atoms with van der Waals surface area (Å²) in [5, 5.41) is 30.8. The number of nitrogens with zero attached hydrogens (tertiary/aromatic N) is 3. The first-order valence-corrected chi connectivity index (χ1v) is 13.6. The number of azo groups is 1. The Hall–Kier alpha value is -3.75. The molecular formula is C17H14N4O12S3. The molecule has 0 amide bonds. The van der Waals surface area contributed by atoms with Gasteiger partial charge in [-0.05, 0) is 23.6 Å². The van der Waals surface area contributed by atoms with Gasteiger partial charge in [0, 0.05) is 18.2 Å². The number of anilines is 1. The second kappa shape index (κ2) is 9.37. The lowest BCUT2D eigenvalue weighted by molar-refractivity contribution is -0.385. The summed E-state index contributed by atoms with van der Waals surface area (Å²) in [7, 11) is -14.4. The predicted octanol–water partition coefficient (Wildman–Crippen LogP) is 2.62. The highest BCUT2D eigenvalue weighted by atomic mass is 32.2. The number of phenols is 1. The first kappa shape index (κ1) is 26.8. The minimum atomic E-state index is -5.04. The number of aromatic hydroxyl groups is 1. The zero-order valence-corrected chi connectivity index (χ0v) is 19.8. The zero-order valence-electron chi connectivity index (χ0n) is 17.4. The van der Waals surface area contributed by atoms with Crippen molar-refractivity contribution in [1.29, 1.82) is 0 Å². The molecule has 0 spiro atoms. The Morgan fingerprint density at radius 1 is 0.889 bits per heavy atom. The van der Waals surface area contributed by atoms with E-state index in [0.717, 1.165) is 24.3 Å². The molecule has 3 aromatic carbocycles. The van der Waals surface area contributed by atoms with Gasteiger partial charge in [-0.15, -0.1) is 10.2 Å². The summed E-state index contributed by atoms with van der Waals surface area (Å²) < 4.78 is 96.5. The Labute approximate surface area is 202 Å². The summed E-state index contributed by atoms with van der Waals surface area (Å²) in [4.78, 5) is 8.34. The molecule has 0 atom stereocenters. The molecule has 0 aliphatic carbocycles. The number of benzene rings is 3. The lowest BCUT2D eigenvalue weighted by atomic mass is 10.1. The summed E-state index contributed by atoms with van der Waals surface area (Å²) in [5.74, 6) is -1.82. The number of nitrogens with one attached hydrogen (secondary N) is 1. The highest BCUT2D eigenvalue weighted by molar-refractivity contribution is 7.86. The number of nitro groups is 1. The van der Waals surface area contributed by atoms with Crippen molar-refractivity contribution in [2.75, 3.05) is 11.2 Å². The smallest absolute Gasteiger partial charge is 0.297 e. The number of nitro benzene ring substituents is 1. The summed E-state index contributed by atoms with van der Waals surface area (Å²) in [6.45, 7) is 0. The number of non-ortho nitro benzene ring substituents is 1. The van der Waals surface area contributed by atoms with Gasteiger partial charge in [-0.1, -0.05) is 6.07 Å². The molecule has 36 heavy (non-hydrogen) atoms. The maximum atomic E-state index is 11.7. The van der Waals surface area contributed by atoms with Crippen LogP contribution >= 0.6 is 0 Å². The molecule has 3 aromatic rings. The average molecular weight is 563 g/mol. The summed E-state index contributed by atoms with van der Waals surface area (Å²) >= 11 is 0. The van der Waals surface area contributed by atoms with E-state index in [1.54, 1.807) is 0 Å². The van der Waals surface area contributed by atoms with Crippen LogP contribution in [-0.2, 0) is 30.4 Å². The summed E-state index contributed by atoms with van der Waals surface area (Å²) in [6.07, 6.45) is 0. The van der Waals surface area contributed by atoms with E-state index in [1.165, 1.54) is 6.07 Å². The van der Waals surface area contributed by atoms with Crippen LogP contribution in [-0.4, -0.2) is 54.8 Å². The monoisotopic (exact) mass is 562 g/mol. The molecule has 0 heterocycles. The van der Waals surface area contributed by atoms with Gasteiger partial charge < -0.3 is 10.4 Å². The van der Waals surface area contributed by atoms with Crippen LogP contribution in [0.15, 0.2) is 62.5 Å². The molecule has 3 rings (SSSR count). The van der Waals surface area contributed by atoms with Gasteiger partial charge in [0.2, 0.25) is 0 Å². The first-order chi connectivity index (χ1) is 16.5. The number of hydrogen-bond donors (Lipinski definition) is 5. The van der Waals surface area contributed by atoms with Crippen LogP contribution in [0.3, 0.4) is 0 Å². The third-order valence-corrected chi connectivity index (χ3v) is 6.70. The van der Waals surface area contributed by atoms with E-state index in [0.29, 0.717) is 12.1 Å². The minimum absolute atomic E-state index is 0.0484. The third kappa shape index (κ3) is 6.08. The second-order valence-corrected chi connectivity index (χ2v) is 11.2. The number of rotatable bonds is 8. The molecule has 0 aliphatic heterocycles. The van der Waals surface area contributed by atoms with Crippen LogP contribution in [0, 0.1) is 10.1 Å². The van der Waals surface area contributed by atoms with E-state index in [1.807, 2.05) is 0 Å². The van der Waals surface area contributed by atoms with E-state index < -0.39 is 73.8 Å². The predicted molar refractivity (Wildman–Crippen MR) is 123 cm³/mol. The largest absolute Gasteiger partial charge is 0.507 e. The quantitative estimate of drug-likeness (QED) is 0.114. The van der Waals surface area contributed by atoms with Crippen molar-refractivity contribution in [2.45, 2.75) is 9.79 Å². The molecule has 0 aromatic heterocycles. The van der Waals surface area contributed by atoms with Crippen LogP contribution in [0.4, 0.5) is 22.7 Å².